The van der Waals surface area contributed by atoms with E-state index in [0.29, 0.717) is 19.4 Å². The maximum Gasteiger partial charge on any atom is 0.242 e. The molecule has 0 saturated heterocycles. The first-order chi connectivity index (χ1) is 16.0. The summed E-state index contributed by atoms with van der Waals surface area (Å²) in [6.45, 7) is 4.53. The molecule has 0 unspecified atom stereocenters. The number of fused-ring (bicyclic) bond motifs is 1. The van der Waals surface area contributed by atoms with E-state index >= 15 is 0 Å². The SMILES string of the molecule is Cc1cccc(CN(C(=O)CCc2ccc3c(c2)OCO3)[C@@H](C)C(=O)NC2CCCCC2)c1. The number of carbonyl (C=O) groups is 2. The lowest BCUT2D eigenvalue weighted by molar-refractivity contribution is -0.141. The maximum atomic E-state index is 13.4. The van der Waals surface area contributed by atoms with E-state index in [2.05, 4.69) is 11.4 Å². The van der Waals surface area contributed by atoms with Crippen molar-refractivity contribution < 1.29 is 19.1 Å². The van der Waals surface area contributed by atoms with E-state index in [4.69, 9.17) is 9.47 Å². The lowest BCUT2D eigenvalue weighted by atomic mass is 9.95. The van der Waals surface area contributed by atoms with E-state index in [1.165, 1.54) is 6.42 Å². The Kier molecular flexibility index (Phi) is 7.53. The second-order valence-corrected chi connectivity index (χ2v) is 9.22. The Morgan fingerprint density at radius 1 is 1.03 bits per heavy atom. The van der Waals surface area contributed by atoms with Crippen LogP contribution < -0.4 is 14.8 Å². The maximum absolute atomic E-state index is 13.4. The van der Waals surface area contributed by atoms with Crippen molar-refractivity contribution >= 4 is 11.8 Å². The van der Waals surface area contributed by atoms with Crippen molar-refractivity contribution in [3.05, 3.63) is 59.2 Å². The molecule has 4 rings (SSSR count). The summed E-state index contributed by atoms with van der Waals surface area (Å²) in [6.07, 6.45) is 6.49. The van der Waals surface area contributed by atoms with Crippen LogP contribution in [0.1, 0.15) is 62.1 Å². The molecular formula is C27H34N2O4. The molecular weight excluding hydrogens is 416 g/mol. The van der Waals surface area contributed by atoms with Gasteiger partial charge in [0.2, 0.25) is 18.6 Å². The van der Waals surface area contributed by atoms with Gasteiger partial charge in [0.15, 0.2) is 11.5 Å². The van der Waals surface area contributed by atoms with E-state index in [1.54, 1.807) is 4.90 Å². The monoisotopic (exact) mass is 450 g/mol. The van der Waals surface area contributed by atoms with E-state index in [-0.39, 0.29) is 24.6 Å². The molecule has 1 saturated carbocycles. The minimum Gasteiger partial charge on any atom is -0.454 e. The van der Waals surface area contributed by atoms with Gasteiger partial charge in [-0.1, -0.05) is 55.2 Å². The van der Waals surface area contributed by atoms with Gasteiger partial charge in [0.05, 0.1) is 0 Å². The van der Waals surface area contributed by atoms with Crippen LogP contribution in [0.2, 0.25) is 0 Å². The van der Waals surface area contributed by atoms with Gasteiger partial charge in [0.25, 0.3) is 0 Å². The average Bonchev–Trinajstić information content (AvgIpc) is 3.29. The number of nitrogens with one attached hydrogen (secondary N) is 1. The summed E-state index contributed by atoms with van der Waals surface area (Å²) in [5.41, 5.74) is 3.19. The fourth-order valence-electron chi connectivity index (χ4n) is 4.65. The topological polar surface area (TPSA) is 67.9 Å². The molecule has 2 aromatic rings. The van der Waals surface area contributed by atoms with Gasteiger partial charge in [-0.3, -0.25) is 9.59 Å². The molecule has 2 aromatic carbocycles. The van der Waals surface area contributed by atoms with Gasteiger partial charge in [-0.2, -0.15) is 0 Å². The molecule has 1 atom stereocenters. The van der Waals surface area contributed by atoms with Gasteiger partial charge >= 0.3 is 0 Å². The van der Waals surface area contributed by atoms with Crippen molar-refractivity contribution in [1.29, 1.82) is 0 Å². The fourth-order valence-corrected chi connectivity index (χ4v) is 4.65. The highest BCUT2D eigenvalue weighted by molar-refractivity contribution is 5.87. The molecule has 1 heterocycles. The second-order valence-electron chi connectivity index (χ2n) is 9.22. The van der Waals surface area contributed by atoms with Crippen LogP contribution in [0.4, 0.5) is 0 Å². The lowest BCUT2D eigenvalue weighted by Gasteiger charge is -2.31. The van der Waals surface area contributed by atoms with E-state index in [9.17, 15) is 9.59 Å². The third-order valence-corrected chi connectivity index (χ3v) is 6.62. The number of hydrogen-bond donors (Lipinski definition) is 1. The first kappa shape index (κ1) is 23.1. The summed E-state index contributed by atoms with van der Waals surface area (Å²) in [5.74, 6) is 1.36. The van der Waals surface area contributed by atoms with Crippen LogP contribution in [0.15, 0.2) is 42.5 Å². The summed E-state index contributed by atoms with van der Waals surface area (Å²) in [5, 5.41) is 3.19. The van der Waals surface area contributed by atoms with Crippen molar-refractivity contribution in [1.82, 2.24) is 10.2 Å². The van der Waals surface area contributed by atoms with Crippen molar-refractivity contribution in [3.8, 4) is 11.5 Å². The molecule has 0 aromatic heterocycles. The first-order valence-electron chi connectivity index (χ1n) is 12.0. The Hall–Kier alpha value is -3.02. The van der Waals surface area contributed by atoms with Crippen molar-refractivity contribution in [3.63, 3.8) is 0 Å². The van der Waals surface area contributed by atoms with Crippen molar-refractivity contribution in [2.75, 3.05) is 6.79 Å². The summed E-state index contributed by atoms with van der Waals surface area (Å²) >= 11 is 0. The van der Waals surface area contributed by atoms with Crippen LogP contribution in [-0.2, 0) is 22.6 Å². The number of ether oxygens (including phenoxy) is 2. The molecule has 6 nitrogen and oxygen atoms in total. The number of amides is 2. The number of hydrogen-bond acceptors (Lipinski definition) is 4. The molecule has 0 bridgehead atoms. The van der Waals surface area contributed by atoms with Crippen molar-refractivity contribution in [2.45, 2.75) is 77.4 Å². The van der Waals surface area contributed by atoms with E-state index < -0.39 is 6.04 Å². The van der Waals surface area contributed by atoms with Crippen molar-refractivity contribution in [2.24, 2.45) is 0 Å². The minimum atomic E-state index is -0.531. The highest BCUT2D eigenvalue weighted by atomic mass is 16.7. The van der Waals surface area contributed by atoms with Gasteiger partial charge in [-0.05, 0) is 56.4 Å². The standard InChI is InChI=1S/C27H34N2O4/c1-19-7-6-8-22(15-19)17-29(20(2)27(31)28-23-9-4-3-5-10-23)26(30)14-12-21-11-13-24-25(16-21)33-18-32-24/h6-8,11,13,15-16,20,23H,3-5,9-10,12,14,17-18H2,1-2H3,(H,28,31)/t20-/m0/s1. The van der Waals surface area contributed by atoms with Crippen LogP contribution >= 0.6 is 0 Å². The van der Waals surface area contributed by atoms with E-state index in [0.717, 1.165) is 53.9 Å². The zero-order chi connectivity index (χ0) is 23.2. The number of rotatable bonds is 8. The third-order valence-electron chi connectivity index (χ3n) is 6.62. The quantitative estimate of drug-likeness (QED) is 0.642. The number of aryl methyl sites for hydroxylation is 2. The molecule has 1 aliphatic carbocycles. The highest BCUT2D eigenvalue weighted by Gasteiger charge is 2.28. The van der Waals surface area contributed by atoms with Gasteiger partial charge in [0.1, 0.15) is 6.04 Å². The zero-order valence-corrected chi connectivity index (χ0v) is 19.6. The molecule has 2 aliphatic rings. The summed E-state index contributed by atoms with van der Waals surface area (Å²) < 4.78 is 10.8. The predicted molar refractivity (Wildman–Crippen MR) is 127 cm³/mol. The lowest BCUT2D eigenvalue weighted by Crippen LogP contribution is -2.50. The third kappa shape index (κ3) is 6.06. The van der Waals surface area contributed by atoms with E-state index in [1.807, 2.05) is 50.2 Å². The molecule has 176 valence electrons. The minimum absolute atomic E-state index is 0.0273. The number of benzene rings is 2. The smallest absolute Gasteiger partial charge is 0.242 e. The van der Waals surface area contributed by atoms with Crippen LogP contribution in [-0.4, -0.2) is 35.6 Å². The average molecular weight is 451 g/mol. The Bertz CT molecular complexity index is 984. The van der Waals surface area contributed by atoms with Gasteiger partial charge < -0.3 is 19.7 Å². The summed E-state index contributed by atoms with van der Waals surface area (Å²) in [7, 11) is 0. The Morgan fingerprint density at radius 3 is 2.61 bits per heavy atom. The second kappa shape index (κ2) is 10.7. The molecule has 1 aliphatic heterocycles. The Labute approximate surface area is 196 Å². The molecule has 33 heavy (non-hydrogen) atoms. The Balaban J connectivity index is 1.44. The predicted octanol–water partition coefficient (Wildman–Crippen LogP) is 4.52. The van der Waals surface area contributed by atoms with Gasteiger partial charge in [-0.15, -0.1) is 0 Å². The fraction of sp³-hybridized carbons (Fsp3) is 0.481. The summed E-state index contributed by atoms with van der Waals surface area (Å²) in [6, 6.07) is 13.6. The Morgan fingerprint density at radius 2 is 1.82 bits per heavy atom. The molecule has 1 fully saturated rings. The largest absolute Gasteiger partial charge is 0.454 e. The molecule has 1 N–H and O–H groups in total. The molecule has 0 spiro atoms. The molecule has 2 amide bonds. The highest BCUT2D eigenvalue weighted by Crippen LogP contribution is 2.32. The van der Waals surface area contributed by atoms with Gasteiger partial charge in [0, 0.05) is 19.0 Å². The summed E-state index contributed by atoms with van der Waals surface area (Å²) in [4.78, 5) is 28.2. The van der Waals surface area contributed by atoms with Gasteiger partial charge in [-0.25, -0.2) is 0 Å². The molecule has 0 radical (unpaired) electrons. The number of nitrogens with zero attached hydrogens (tertiary/aromatic N) is 1. The number of carbonyl (C=O) groups excluding carboxylic acids is 2. The first-order valence-corrected chi connectivity index (χ1v) is 12.0. The van der Waals surface area contributed by atoms with Crippen LogP contribution in [0, 0.1) is 6.92 Å². The zero-order valence-electron chi connectivity index (χ0n) is 19.6. The van der Waals surface area contributed by atoms with Crippen LogP contribution in [0.5, 0.6) is 11.5 Å². The van der Waals surface area contributed by atoms with Crippen LogP contribution in [0.3, 0.4) is 0 Å². The normalized spacial score (nSPS) is 16.3. The molecule has 6 heteroatoms. The van der Waals surface area contributed by atoms with Crippen LogP contribution in [0.25, 0.3) is 0 Å².